The number of aliphatic hydroxyl groups excluding tert-OH is 1. The average molecular weight is 814 g/mol. The summed E-state index contributed by atoms with van der Waals surface area (Å²) >= 11 is 0. The van der Waals surface area contributed by atoms with Crippen molar-refractivity contribution in [1.82, 2.24) is 20.2 Å². The van der Waals surface area contributed by atoms with Crippen LogP contribution in [-0.2, 0) is 38.1 Å². The SMILES string of the molecule is CC[C@H]1OC(=O)[C@H](C)C(=O)[C@H](C)[C@@H](O[C@@H]2O[C@H](C)C[C@H](N(C)C)[C@H]2O)[C@](C)(OCC#Cc2cnc(-c3cccc(N)n3)o2)C[C@](C)(F)C(=O)[C@H](C)[C@@H]2NC(=O)O[C@]12C. The van der Waals surface area contributed by atoms with Crippen LogP contribution in [0.2, 0.25) is 0 Å². The van der Waals surface area contributed by atoms with Gasteiger partial charge in [0.25, 0.3) is 0 Å². The van der Waals surface area contributed by atoms with Crippen molar-refractivity contribution in [3.05, 3.63) is 30.2 Å². The number of aliphatic hydroxyl groups is 1. The van der Waals surface area contributed by atoms with Crippen molar-refractivity contribution in [2.24, 2.45) is 17.8 Å². The fourth-order valence-electron chi connectivity index (χ4n) is 8.50. The molecule has 0 unspecified atom stereocenters. The summed E-state index contributed by atoms with van der Waals surface area (Å²) in [6.45, 7) is 11.5. The van der Waals surface area contributed by atoms with E-state index in [-0.39, 0.29) is 23.9 Å². The minimum atomic E-state index is -2.69. The Morgan fingerprint density at radius 3 is 2.47 bits per heavy atom. The number of hydrogen-bond acceptors (Lipinski definition) is 15. The third-order valence-electron chi connectivity index (χ3n) is 11.6. The van der Waals surface area contributed by atoms with Crippen molar-refractivity contribution in [2.45, 2.75) is 134 Å². The molecule has 0 saturated carbocycles. The predicted octanol–water partition coefficient (Wildman–Crippen LogP) is 3.62. The molecular weight excluding hydrogens is 757 g/mol. The maximum atomic E-state index is 17.5. The molecule has 318 valence electrons. The Morgan fingerprint density at radius 1 is 1.10 bits per heavy atom. The number of Topliss-reactive ketones (excluding diaryl/α,β-unsaturated/α-hetero) is 2. The Balaban J connectivity index is 1.58. The van der Waals surface area contributed by atoms with Gasteiger partial charge in [-0.2, -0.15) is 0 Å². The van der Waals surface area contributed by atoms with Crippen LogP contribution in [0.5, 0.6) is 0 Å². The lowest BCUT2D eigenvalue weighted by Crippen LogP contribution is -2.62. The minimum Gasteiger partial charge on any atom is -0.458 e. The number of aromatic nitrogens is 2. The van der Waals surface area contributed by atoms with Crippen LogP contribution in [0.15, 0.2) is 28.8 Å². The number of alkyl carbamates (subject to hydrolysis) is 1. The number of anilines is 1. The van der Waals surface area contributed by atoms with E-state index in [9.17, 15) is 24.3 Å². The number of nitrogen functional groups attached to an aromatic ring is 1. The number of likely N-dealkylation sites (N-methyl/N-ethyl adjacent to an activating group) is 1. The Labute approximate surface area is 338 Å². The number of ether oxygens (including phenoxy) is 5. The molecule has 0 aromatic carbocycles. The van der Waals surface area contributed by atoms with E-state index in [0.29, 0.717) is 12.1 Å². The van der Waals surface area contributed by atoms with Crippen molar-refractivity contribution < 1.29 is 56.8 Å². The zero-order chi connectivity index (χ0) is 42.9. The van der Waals surface area contributed by atoms with Gasteiger partial charge in [0, 0.05) is 24.3 Å². The van der Waals surface area contributed by atoms with Crippen molar-refractivity contribution in [3.63, 3.8) is 0 Å². The largest absolute Gasteiger partial charge is 0.458 e. The Hall–Kier alpha value is -4.47. The number of carbonyl (C=O) groups excluding carboxylic acids is 4. The number of alkyl halides is 1. The highest BCUT2D eigenvalue weighted by Gasteiger charge is 2.59. The highest BCUT2D eigenvalue weighted by atomic mass is 19.1. The lowest BCUT2D eigenvalue weighted by Gasteiger charge is -2.47. The van der Waals surface area contributed by atoms with E-state index in [4.69, 9.17) is 33.8 Å². The summed E-state index contributed by atoms with van der Waals surface area (Å²) in [5, 5.41) is 14.2. The summed E-state index contributed by atoms with van der Waals surface area (Å²) in [5.41, 5.74) is 0.0278. The maximum absolute atomic E-state index is 17.5. The zero-order valence-electron chi connectivity index (χ0n) is 34.7. The molecule has 17 heteroatoms. The molecular formula is C41H56FN5O11. The van der Waals surface area contributed by atoms with E-state index >= 15 is 4.39 Å². The van der Waals surface area contributed by atoms with Crippen LogP contribution in [0.1, 0.15) is 80.4 Å². The molecule has 2 aromatic rings. The lowest BCUT2D eigenvalue weighted by atomic mass is 9.72. The first-order valence-corrected chi connectivity index (χ1v) is 19.6. The van der Waals surface area contributed by atoms with Gasteiger partial charge in [-0.05, 0) is 79.6 Å². The number of amides is 1. The molecule has 58 heavy (non-hydrogen) atoms. The van der Waals surface area contributed by atoms with E-state index in [1.165, 1.54) is 40.8 Å². The summed E-state index contributed by atoms with van der Waals surface area (Å²) < 4.78 is 53.8. The quantitative estimate of drug-likeness (QED) is 0.207. The van der Waals surface area contributed by atoms with Gasteiger partial charge in [0.2, 0.25) is 5.89 Å². The standard InChI is InChI=1S/C41H56FN5O11/c1-11-28-41(8)32(46-38(52)58-41)24(5)33(50)39(6,42)20-40(7,53-17-13-14-25-19-44-35(55-25)26-15-12-16-29(43)45-26)34(22(3)30(48)23(4)36(51)56-28)57-37-31(49)27(47(9)10)18-21(2)54-37/h12,15-16,19,21-24,27-28,31-32,34,37,49H,11,17-18,20H2,1-10H3,(H2,43,45)(H,46,52)/t21-,22+,23-,24-,27+,28-,31-,32+,34-,37+,39+,40-,41-/m1/s1. The molecule has 16 nitrogen and oxygen atoms in total. The zero-order valence-corrected chi connectivity index (χ0v) is 34.7. The topological polar surface area (TPSA) is 215 Å². The number of nitrogens with zero attached hydrogens (tertiary/aromatic N) is 3. The third kappa shape index (κ3) is 9.21. The third-order valence-corrected chi connectivity index (χ3v) is 11.6. The van der Waals surface area contributed by atoms with E-state index in [2.05, 4.69) is 27.1 Å². The maximum Gasteiger partial charge on any atom is 0.408 e. The summed E-state index contributed by atoms with van der Waals surface area (Å²) in [6.07, 6.45) is -5.08. The van der Waals surface area contributed by atoms with Gasteiger partial charge < -0.3 is 49.2 Å². The van der Waals surface area contributed by atoms with Crippen LogP contribution in [0.25, 0.3) is 11.6 Å². The van der Waals surface area contributed by atoms with Gasteiger partial charge in [0.15, 0.2) is 34.9 Å². The minimum absolute atomic E-state index is 0.145. The van der Waals surface area contributed by atoms with E-state index in [0.717, 1.165) is 6.92 Å². The number of oxazole rings is 1. The molecule has 1 amide bonds. The van der Waals surface area contributed by atoms with E-state index in [1.807, 2.05) is 11.8 Å². The van der Waals surface area contributed by atoms with Crippen LogP contribution >= 0.6 is 0 Å². The van der Waals surface area contributed by atoms with E-state index in [1.54, 1.807) is 39.2 Å². The molecule has 5 heterocycles. The molecule has 0 spiro atoms. The van der Waals surface area contributed by atoms with Crippen LogP contribution in [0.3, 0.4) is 0 Å². The number of fused-ring (bicyclic) bond motifs is 1. The van der Waals surface area contributed by atoms with E-state index < -0.39 is 114 Å². The van der Waals surface area contributed by atoms with Crippen molar-refractivity contribution >= 4 is 29.4 Å². The van der Waals surface area contributed by atoms with Crippen LogP contribution in [-0.4, -0.2) is 124 Å². The number of rotatable bonds is 7. The molecule has 3 saturated heterocycles. The molecule has 3 aliphatic heterocycles. The summed E-state index contributed by atoms with van der Waals surface area (Å²) in [4.78, 5) is 65.5. The van der Waals surface area contributed by atoms with Gasteiger partial charge in [-0.1, -0.05) is 32.8 Å². The van der Waals surface area contributed by atoms with Crippen LogP contribution in [0, 0.1) is 29.6 Å². The van der Waals surface area contributed by atoms with Gasteiger partial charge >= 0.3 is 12.1 Å². The number of nitrogens with one attached hydrogen (secondary N) is 1. The fourth-order valence-corrected chi connectivity index (χ4v) is 8.50. The highest BCUT2D eigenvalue weighted by molar-refractivity contribution is 6.00. The molecule has 0 aliphatic carbocycles. The van der Waals surface area contributed by atoms with Crippen LogP contribution in [0.4, 0.5) is 15.0 Å². The number of ketones is 2. The molecule has 2 aromatic heterocycles. The first-order valence-electron chi connectivity index (χ1n) is 19.6. The summed E-state index contributed by atoms with van der Waals surface area (Å²) in [7, 11) is 3.60. The number of esters is 1. The van der Waals surface area contributed by atoms with Crippen molar-refractivity contribution in [2.75, 3.05) is 26.4 Å². The van der Waals surface area contributed by atoms with Gasteiger partial charge in [0.1, 0.15) is 36.2 Å². The molecule has 3 fully saturated rings. The van der Waals surface area contributed by atoms with Gasteiger partial charge in [0.05, 0.1) is 30.0 Å². The monoisotopic (exact) mass is 813 g/mol. The van der Waals surface area contributed by atoms with Crippen molar-refractivity contribution in [1.29, 1.82) is 0 Å². The van der Waals surface area contributed by atoms with Gasteiger partial charge in [-0.15, -0.1) is 0 Å². The highest BCUT2D eigenvalue weighted by Crippen LogP contribution is 2.42. The normalized spacial score (nSPS) is 37.5. The lowest BCUT2D eigenvalue weighted by molar-refractivity contribution is -0.297. The second kappa shape index (κ2) is 17.4. The van der Waals surface area contributed by atoms with Gasteiger partial charge in [-0.25, -0.2) is 19.2 Å². The predicted molar refractivity (Wildman–Crippen MR) is 206 cm³/mol. The molecule has 3 aliphatic rings. The number of nitrogens with two attached hydrogens (primary N) is 1. The Morgan fingerprint density at radius 2 is 1.81 bits per heavy atom. The summed E-state index contributed by atoms with van der Waals surface area (Å²) in [6, 6.07) is 3.44. The average Bonchev–Trinajstić information content (AvgIpc) is 3.77. The van der Waals surface area contributed by atoms with Crippen molar-refractivity contribution in [3.8, 4) is 23.4 Å². The number of hydrogen-bond donors (Lipinski definition) is 3. The molecule has 5 rings (SSSR count). The summed E-state index contributed by atoms with van der Waals surface area (Å²) in [5.74, 6) is -0.0617. The Bertz CT molecular complexity index is 1910. The molecule has 4 N–H and O–H groups in total. The second-order valence-corrected chi connectivity index (χ2v) is 16.5. The molecule has 0 radical (unpaired) electrons. The fraction of sp³-hybridized carbons (Fsp3) is 0.659. The second-order valence-electron chi connectivity index (χ2n) is 16.5. The van der Waals surface area contributed by atoms with Gasteiger partial charge in [-0.3, -0.25) is 14.4 Å². The number of halogens is 1. The first kappa shape index (κ1) is 44.6. The first-order chi connectivity index (χ1) is 27.1. The number of carbonyl (C=O) groups is 4. The molecule has 13 atom stereocenters. The smallest absolute Gasteiger partial charge is 0.408 e. The van der Waals surface area contributed by atoms with Crippen LogP contribution < -0.4 is 11.1 Å². The molecule has 0 bridgehead atoms. The Kier molecular flexibility index (Phi) is 13.4. The number of cyclic esters (lactones) is 1. The number of pyridine rings is 1.